The number of aliphatic hydroxyl groups is 2. The third kappa shape index (κ3) is 2.49. The topological polar surface area (TPSA) is 55.7 Å². The molecule has 0 aromatic heterocycles. The molecule has 110 valence electrons. The molecule has 3 rings (SSSR count). The van der Waals surface area contributed by atoms with Crippen LogP contribution in [-0.4, -0.2) is 53.0 Å². The summed E-state index contributed by atoms with van der Waals surface area (Å²) in [5.41, 5.74) is 0.514. The highest BCUT2D eigenvalue weighted by Crippen LogP contribution is 2.35. The molecule has 1 aromatic carbocycles. The highest BCUT2D eigenvalue weighted by molar-refractivity contribution is 5.20. The van der Waals surface area contributed by atoms with E-state index in [-0.39, 0.29) is 18.7 Å². The van der Waals surface area contributed by atoms with Crippen LogP contribution in [0.15, 0.2) is 30.3 Å². The summed E-state index contributed by atoms with van der Waals surface area (Å²) in [5.74, 6) is 0. The average molecular weight is 276 g/mol. The number of hydrogen-bond donors (Lipinski definition) is 3. The van der Waals surface area contributed by atoms with E-state index in [1.165, 1.54) is 0 Å². The molecule has 0 aliphatic carbocycles. The van der Waals surface area contributed by atoms with Crippen molar-refractivity contribution in [2.24, 2.45) is 0 Å². The standard InChI is InChI=1S/C16H24N2O2/c19-10-14(13-6-2-1-3-7-13)18-9-5-4-8-15(18)16(20)11-17-12-16/h1-3,6-7,14-15,17,19-20H,4-5,8-12H2/t14-,15?/m1/s1. The summed E-state index contributed by atoms with van der Waals surface area (Å²) in [6.45, 7) is 2.39. The number of piperidine rings is 1. The van der Waals surface area contributed by atoms with Crippen LogP contribution < -0.4 is 5.32 Å². The Kier molecular flexibility index (Phi) is 4.08. The van der Waals surface area contributed by atoms with Crippen molar-refractivity contribution in [2.75, 3.05) is 26.2 Å². The largest absolute Gasteiger partial charge is 0.394 e. The molecule has 2 heterocycles. The number of likely N-dealkylation sites (tertiary alicyclic amines) is 1. The van der Waals surface area contributed by atoms with E-state index in [1.54, 1.807) is 0 Å². The van der Waals surface area contributed by atoms with E-state index < -0.39 is 5.60 Å². The quantitative estimate of drug-likeness (QED) is 0.765. The summed E-state index contributed by atoms with van der Waals surface area (Å²) >= 11 is 0. The maximum absolute atomic E-state index is 10.7. The summed E-state index contributed by atoms with van der Waals surface area (Å²) in [6, 6.07) is 10.3. The van der Waals surface area contributed by atoms with Gasteiger partial charge >= 0.3 is 0 Å². The summed E-state index contributed by atoms with van der Waals surface area (Å²) in [6.07, 6.45) is 3.32. The van der Waals surface area contributed by atoms with Gasteiger partial charge in [0.15, 0.2) is 0 Å². The SMILES string of the molecule is OC[C@H](c1ccccc1)N1CCCCC1C1(O)CNC1. The number of hydrogen-bond acceptors (Lipinski definition) is 4. The van der Waals surface area contributed by atoms with Gasteiger partial charge in [-0.1, -0.05) is 36.8 Å². The smallest absolute Gasteiger partial charge is 0.105 e. The summed E-state index contributed by atoms with van der Waals surface area (Å²) < 4.78 is 0. The van der Waals surface area contributed by atoms with Crippen molar-refractivity contribution >= 4 is 0 Å². The van der Waals surface area contributed by atoms with Crippen LogP contribution in [0.3, 0.4) is 0 Å². The highest BCUT2D eigenvalue weighted by Gasteiger charge is 2.47. The highest BCUT2D eigenvalue weighted by atomic mass is 16.3. The number of aliphatic hydroxyl groups excluding tert-OH is 1. The first-order chi connectivity index (χ1) is 9.74. The van der Waals surface area contributed by atoms with E-state index in [2.05, 4.69) is 22.3 Å². The van der Waals surface area contributed by atoms with Gasteiger partial charge in [0.25, 0.3) is 0 Å². The van der Waals surface area contributed by atoms with E-state index in [1.807, 2.05) is 18.2 Å². The Bertz CT molecular complexity index is 433. The predicted octanol–water partition coefficient (Wildman–Crippen LogP) is 0.909. The van der Waals surface area contributed by atoms with E-state index in [9.17, 15) is 10.2 Å². The Labute approximate surface area is 120 Å². The van der Waals surface area contributed by atoms with Gasteiger partial charge in [0, 0.05) is 19.1 Å². The van der Waals surface area contributed by atoms with Crippen LogP contribution in [-0.2, 0) is 0 Å². The lowest BCUT2D eigenvalue weighted by molar-refractivity contribution is -0.111. The second-order valence-corrected chi connectivity index (χ2v) is 6.07. The Morgan fingerprint density at radius 2 is 2.00 bits per heavy atom. The van der Waals surface area contributed by atoms with Gasteiger partial charge in [0.2, 0.25) is 0 Å². The fourth-order valence-corrected chi connectivity index (χ4v) is 3.60. The van der Waals surface area contributed by atoms with Gasteiger partial charge in [-0.2, -0.15) is 0 Å². The van der Waals surface area contributed by atoms with Crippen LogP contribution in [0.25, 0.3) is 0 Å². The number of β-amino-alcohol motifs (C(OH)–C–C–N with tert-alkyl or cyclic N) is 1. The minimum atomic E-state index is -0.622. The minimum absolute atomic E-state index is 0.00822. The molecule has 0 amide bonds. The fourth-order valence-electron chi connectivity index (χ4n) is 3.60. The molecular formula is C16H24N2O2. The van der Waals surface area contributed by atoms with Crippen LogP contribution in [0, 0.1) is 0 Å². The van der Waals surface area contributed by atoms with Gasteiger partial charge in [0.1, 0.15) is 5.60 Å². The monoisotopic (exact) mass is 276 g/mol. The van der Waals surface area contributed by atoms with E-state index in [0.717, 1.165) is 31.4 Å². The molecule has 2 atom stereocenters. The zero-order chi connectivity index (χ0) is 14.0. The lowest BCUT2D eigenvalue weighted by Crippen LogP contribution is -2.70. The van der Waals surface area contributed by atoms with Crippen molar-refractivity contribution in [2.45, 2.75) is 36.9 Å². The molecule has 1 unspecified atom stereocenters. The minimum Gasteiger partial charge on any atom is -0.394 e. The number of benzene rings is 1. The van der Waals surface area contributed by atoms with Crippen LogP contribution in [0.2, 0.25) is 0 Å². The van der Waals surface area contributed by atoms with Crippen molar-refractivity contribution in [3.63, 3.8) is 0 Å². The normalized spacial score (nSPS) is 27.8. The molecule has 4 nitrogen and oxygen atoms in total. The first-order valence-corrected chi connectivity index (χ1v) is 7.59. The number of nitrogens with one attached hydrogen (secondary N) is 1. The van der Waals surface area contributed by atoms with Crippen molar-refractivity contribution in [1.29, 1.82) is 0 Å². The summed E-state index contributed by atoms with van der Waals surface area (Å²) in [4.78, 5) is 2.32. The van der Waals surface area contributed by atoms with E-state index in [0.29, 0.717) is 13.1 Å². The molecule has 0 saturated carbocycles. The molecule has 2 saturated heterocycles. The summed E-state index contributed by atoms with van der Waals surface area (Å²) in [7, 11) is 0. The zero-order valence-corrected chi connectivity index (χ0v) is 11.8. The van der Waals surface area contributed by atoms with Crippen LogP contribution in [0.5, 0.6) is 0 Å². The first-order valence-electron chi connectivity index (χ1n) is 7.59. The molecule has 20 heavy (non-hydrogen) atoms. The van der Waals surface area contributed by atoms with Gasteiger partial charge in [-0.25, -0.2) is 0 Å². The van der Waals surface area contributed by atoms with Gasteiger partial charge in [0.05, 0.1) is 12.6 Å². The van der Waals surface area contributed by atoms with Crippen molar-refractivity contribution < 1.29 is 10.2 Å². The molecule has 0 bridgehead atoms. The van der Waals surface area contributed by atoms with E-state index in [4.69, 9.17) is 0 Å². The molecule has 2 fully saturated rings. The molecule has 0 radical (unpaired) electrons. The molecule has 2 aliphatic heterocycles. The average Bonchev–Trinajstić information content (AvgIpc) is 2.47. The molecule has 4 heteroatoms. The Balaban J connectivity index is 1.84. The third-order valence-corrected chi connectivity index (χ3v) is 4.78. The van der Waals surface area contributed by atoms with Gasteiger partial charge in [-0.15, -0.1) is 0 Å². The molecule has 2 aliphatic rings. The second-order valence-electron chi connectivity index (χ2n) is 6.07. The zero-order valence-electron chi connectivity index (χ0n) is 11.8. The van der Waals surface area contributed by atoms with Gasteiger partial charge < -0.3 is 15.5 Å². The number of rotatable bonds is 4. The van der Waals surface area contributed by atoms with Gasteiger partial charge in [-0.3, -0.25) is 4.90 Å². The third-order valence-electron chi connectivity index (χ3n) is 4.78. The van der Waals surface area contributed by atoms with Crippen molar-refractivity contribution in [3.8, 4) is 0 Å². The number of nitrogens with zero attached hydrogens (tertiary/aromatic N) is 1. The maximum atomic E-state index is 10.7. The lowest BCUT2D eigenvalue weighted by Gasteiger charge is -2.52. The lowest BCUT2D eigenvalue weighted by atomic mass is 9.80. The molecule has 1 aromatic rings. The molecule has 3 N–H and O–H groups in total. The first kappa shape index (κ1) is 14.0. The second kappa shape index (κ2) is 5.82. The Hall–Kier alpha value is -0.940. The predicted molar refractivity (Wildman–Crippen MR) is 78.4 cm³/mol. The fraction of sp³-hybridized carbons (Fsp3) is 0.625. The molecule has 0 spiro atoms. The maximum Gasteiger partial charge on any atom is 0.105 e. The van der Waals surface area contributed by atoms with Crippen LogP contribution in [0.1, 0.15) is 30.9 Å². The van der Waals surface area contributed by atoms with Crippen LogP contribution >= 0.6 is 0 Å². The van der Waals surface area contributed by atoms with Crippen molar-refractivity contribution in [3.05, 3.63) is 35.9 Å². The Morgan fingerprint density at radius 1 is 1.25 bits per heavy atom. The molecular weight excluding hydrogens is 252 g/mol. The van der Waals surface area contributed by atoms with E-state index >= 15 is 0 Å². The Morgan fingerprint density at radius 3 is 2.60 bits per heavy atom. The van der Waals surface area contributed by atoms with Crippen molar-refractivity contribution in [1.82, 2.24) is 10.2 Å². The van der Waals surface area contributed by atoms with Gasteiger partial charge in [-0.05, 0) is 24.9 Å². The van der Waals surface area contributed by atoms with Crippen LogP contribution in [0.4, 0.5) is 0 Å². The summed E-state index contributed by atoms with van der Waals surface area (Å²) in [5, 5.41) is 23.8.